The largest absolute Gasteiger partial charge is 0.396 e. The summed E-state index contributed by atoms with van der Waals surface area (Å²) < 4.78 is 0. The van der Waals surface area contributed by atoms with Crippen LogP contribution < -0.4 is 11.1 Å². The van der Waals surface area contributed by atoms with Crippen LogP contribution in [0.3, 0.4) is 0 Å². The summed E-state index contributed by atoms with van der Waals surface area (Å²) in [6.45, 7) is 0.147. The van der Waals surface area contributed by atoms with E-state index in [0.717, 1.165) is 0 Å². The summed E-state index contributed by atoms with van der Waals surface area (Å²) >= 11 is 11.9. The van der Waals surface area contributed by atoms with Crippen molar-refractivity contribution in [3.05, 3.63) is 78.8 Å². The summed E-state index contributed by atoms with van der Waals surface area (Å²) in [5.74, 6) is 1.11. The zero-order chi connectivity index (χ0) is 23.1. The molecule has 10 heteroatoms. The summed E-state index contributed by atoms with van der Waals surface area (Å²) in [7, 11) is 0. The number of nitrogens with one attached hydrogen (secondary N) is 2. The summed E-state index contributed by atoms with van der Waals surface area (Å²) in [4.78, 5) is 37.3. The number of benzene rings is 2. The Balaban J connectivity index is 0.000000181. The van der Waals surface area contributed by atoms with Crippen LogP contribution in [0.1, 0.15) is 24.5 Å². The molecule has 0 aliphatic carbocycles. The van der Waals surface area contributed by atoms with Crippen molar-refractivity contribution >= 4 is 45.0 Å². The predicted octanol–water partition coefficient (Wildman–Crippen LogP) is 3.00. The smallest absolute Gasteiger partial charge is 0.258 e. The Morgan fingerprint density at radius 1 is 0.719 bits per heavy atom. The van der Waals surface area contributed by atoms with Gasteiger partial charge in [-0.3, -0.25) is 9.59 Å². The second-order valence-electron chi connectivity index (χ2n) is 6.95. The fourth-order valence-corrected chi connectivity index (χ4v) is 3.51. The first kappa shape index (κ1) is 23.9. The Morgan fingerprint density at radius 3 is 1.50 bits per heavy atom. The third-order valence-electron chi connectivity index (χ3n) is 4.62. The minimum Gasteiger partial charge on any atom is -0.396 e. The third kappa shape index (κ3) is 5.72. The topological polar surface area (TPSA) is 132 Å². The van der Waals surface area contributed by atoms with Crippen molar-refractivity contribution in [2.24, 2.45) is 0 Å². The molecule has 0 saturated carbocycles. The molecule has 2 aromatic heterocycles. The van der Waals surface area contributed by atoms with Gasteiger partial charge in [-0.25, -0.2) is 9.97 Å². The molecule has 0 unspecified atom stereocenters. The molecule has 0 spiro atoms. The number of aliphatic hydroxyl groups excluding tert-OH is 2. The van der Waals surface area contributed by atoms with E-state index in [9.17, 15) is 9.59 Å². The van der Waals surface area contributed by atoms with Gasteiger partial charge in [0.1, 0.15) is 11.6 Å². The maximum absolute atomic E-state index is 11.7. The molecule has 0 aliphatic heterocycles. The van der Waals surface area contributed by atoms with Crippen LogP contribution >= 0.6 is 23.2 Å². The van der Waals surface area contributed by atoms with Gasteiger partial charge in [-0.05, 0) is 37.1 Å². The van der Waals surface area contributed by atoms with Crippen LogP contribution in [0.2, 0.25) is 10.0 Å². The van der Waals surface area contributed by atoms with Crippen molar-refractivity contribution < 1.29 is 10.2 Å². The highest BCUT2D eigenvalue weighted by Gasteiger charge is 2.07. The molecule has 0 radical (unpaired) electrons. The minimum absolute atomic E-state index is 0.0737. The van der Waals surface area contributed by atoms with Crippen molar-refractivity contribution in [2.45, 2.75) is 25.7 Å². The van der Waals surface area contributed by atoms with E-state index in [1.54, 1.807) is 36.4 Å². The van der Waals surface area contributed by atoms with Gasteiger partial charge in [-0.2, -0.15) is 0 Å². The number of aliphatic hydroxyl groups is 2. The van der Waals surface area contributed by atoms with Crippen molar-refractivity contribution in [1.82, 2.24) is 19.9 Å². The highest BCUT2D eigenvalue weighted by atomic mass is 35.5. The van der Waals surface area contributed by atoms with Crippen LogP contribution in [0.15, 0.2) is 46.0 Å². The van der Waals surface area contributed by atoms with E-state index < -0.39 is 0 Å². The molecule has 2 aromatic carbocycles. The van der Waals surface area contributed by atoms with Crippen molar-refractivity contribution in [1.29, 1.82) is 0 Å². The van der Waals surface area contributed by atoms with E-state index in [0.29, 0.717) is 69.2 Å². The van der Waals surface area contributed by atoms with Crippen LogP contribution in [0.25, 0.3) is 21.8 Å². The van der Waals surface area contributed by atoms with E-state index in [1.165, 1.54) is 0 Å². The molecule has 0 bridgehead atoms. The highest BCUT2D eigenvalue weighted by molar-refractivity contribution is 6.35. The molecular weight excluding hydrogens is 455 g/mol. The molecule has 4 aromatic rings. The highest BCUT2D eigenvalue weighted by Crippen LogP contribution is 2.19. The molecule has 0 fully saturated rings. The Bertz CT molecular complexity index is 1230. The van der Waals surface area contributed by atoms with Crippen molar-refractivity contribution in [3.63, 3.8) is 0 Å². The lowest BCUT2D eigenvalue weighted by atomic mass is 10.2. The fourth-order valence-electron chi connectivity index (χ4n) is 3.08. The van der Waals surface area contributed by atoms with E-state index in [-0.39, 0.29) is 24.3 Å². The molecule has 0 aliphatic rings. The molecule has 32 heavy (non-hydrogen) atoms. The Morgan fingerprint density at radius 2 is 1.12 bits per heavy atom. The quantitative estimate of drug-likeness (QED) is 0.338. The molecule has 0 atom stereocenters. The van der Waals surface area contributed by atoms with Gasteiger partial charge in [0.15, 0.2) is 0 Å². The van der Waals surface area contributed by atoms with Crippen molar-refractivity contribution in [2.75, 3.05) is 13.2 Å². The average Bonchev–Trinajstić information content (AvgIpc) is 2.78. The summed E-state index contributed by atoms with van der Waals surface area (Å²) in [5, 5.41) is 19.3. The molecular formula is C22H22Cl2N4O4. The molecule has 4 rings (SSSR count). The maximum Gasteiger partial charge on any atom is 0.258 e. The van der Waals surface area contributed by atoms with Gasteiger partial charge in [-0.15, -0.1) is 0 Å². The van der Waals surface area contributed by atoms with Gasteiger partial charge in [-0.1, -0.05) is 35.3 Å². The SMILES string of the molecule is O=c1[nH]c(CCCO)nc2c(Cl)cccc12.O=c1[nH]c(CCCO)nc2c(Cl)cccc12. The minimum atomic E-state index is -0.194. The lowest BCUT2D eigenvalue weighted by molar-refractivity contribution is 0.287. The number of nitrogens with zero attached hydrogens (tertiary/aromatic N) is 2. The van der Waals surface area contributed by atoms with Gasteiger partial charge in [0.25, 0.3) is 11.1 Å². The number of H-pyrrole nitrogens is 2. The number of hydrogen-bond acceptors (Lipinski definition) is 6. The number of fused-ring (bicyclic) bond motifs is 2. The third-order valence-corrected chi connectivity index (χ3v) is 5.23. The second-order valence-corrected chi connectivity index (χ2v) is 7.77. The van der Waals surface area contributed by atoms with Gasteiger partial charge in [0.2, 0.25) is 0 Å². The van der Waals surface area contributed by atoms with E-state index in [1.807, 2.05) is 0 Å². The van der Waals surface area contributed by atoms with Gasteiger partial charge < -0.3 is 20.2 Å². The molecule has 168 valence electrons. The standard InChI is InChI=1S/2C11H11ClN2O2/c2*12-8-4-1-3-7-10(8)13-9(5-2-6-15)14-11(7)16/h2*1,3-4,15H,2,5-6H2,(H,13,14,16). The first-order valence-corrected chi connectivity index (χ1v) is 10.8. The monoisotopic (exact) mass is 476 g/mol. The average molecular weight is 477 g/mol. The number of halogens is 2. The first-order valence-electron chi connectivity index (χ1n) is 10.0. The van der Waals surface area contributed by atoms with Gasteiger partial charge in [0.05, 0.1) is 31.9 Å². The van der Waals surface area contributed by atoms with Crippen LogP contribution in [-0.2, 0) is 12.8 Å². The number of para-hydroxylation sites is 2. The summed E-state index contributed by atoms with van der Waals surface area (Å²) in [5.41, 5.74) is 0.641. The van der Waals surface area contributed by atoms with Gasteiger partial charge in [0, 0.05) is 26.1 Å². The Labute approximate surface area is 192 Å². The lowest BCUT2D eigenvalue weighted by Gasteiger charge is -2.03. The zero-order valence-corrected chi connectivity index (χ0v) is 18.6. The zero-order valence-electron chi connectivity index (χ0n) is 17.1. The first-order chi connectivity index (χ1) is 15.4. The van der Waals surface area contributed by atoms with Crippen LogP contribution in [-0.4, -0.2) is 43.4 Å². The van der Waals surface area contributed by atoms with Gasteiger partial charge >= 0.3 is 0 Å². The number of rotatable bonds is 6. The molecule has 0 saturated heterocycles. The second kappa shape index (κ2) is 11.2. The van der Waals surface area contributed by atoms with E-state index >= 15 is 0 Å². The molecule has 8 nitrogen and oxygen atoms in total. The van der Waals surface area contributed by atoms with E-state index in [2.05, 4.69) is 19.9 Å². The van der Waals surface area contributed by atoms with Crippen LogP contribution in [0.5, 0.6) is 0 Å². The number of aromatic nitrogens is 4. The maximum atomic E-state index is 11.7. The molecule has 0 amide bonds. The van der Waals surface area contributed by atoms with Crippen LogP contribution in [0.4, 0.5) is 0 Å². The number of aromatic amines is 2. The van der Waals surface area contributed by atoms with Crippen molar-refractivity contribution in [3.8, 4) is 0 Å². The predicted molar refractivity (Wildman–Crippen MR) is 126 cm³/mol. The number of hydrogen-bond donors (Lipinski definition) is 4. The fraction of sp³-hybridized carbons (Fsp3) is 0.273. The van der Waals surface area contributed by atoms with E-state index in [4.69, 9.17) is 33.4 Å². The molecule has 4 N–H and O–H groups in total. The Kier molecular flexibility index (Phi) is 8.35. The summed E-state index contributed by atoms with van der Waals surface area (Å²) in [6, 6.07) is 10.2. The number of aryl methyl sites for hydroxylation is 2. The van der Waals surface area contributed by atoms with Crippen LogP contribution in [0, 0.1) is 0 Å². The lowest BCUT2D eigenvalue weighted by Crippen LogP contribution is -2.12. The summed E-state index contributed by atoms with van der Waals surface area (Å²) in [6.07, 6.45) is 2.21. The Hall–Kier alpha value is -2.78. The normalized spacial score (nSPS) is 10.9. The molecule has 2 heterocycles.